The number of piperidine rings is 1. The molecule has 1 saturated carbocycles. The fourth-order valence-electron chi connectivity index (χ4n) is 3.37. The van der Waals surface area contributed by atoms with Crippen LogP contribution in [0.4, 0.5) is 5.82 Å². The first kappa shape index (κ1) is 13.7. The highest BCUT2D eigenvalue weighted by Gasteiger charge is 2.28. The minimum absolute atomic E-state index is 0.505. The maximum absolute atomic E-state index is 4.66. The molecule has 22 heavy (non-hydrogen) atoms. The van der Waals surface area contributed by atoms with E-state index in [-0.39, 0.29) is 0 Å². The Balaban J connectivity index is 1.50. The highest BCUT2D eigenvalue weighted by Crippen LogP contribution is 2.33. The summed E-state index contributed by atoms with van der Waals surface area (Å²) in [5, 5.41) is 8.54. The molecule has 2 aromatic rings. The van der Waals surface area contributed by atoms with Gasteiger partial charge in [-0.25, -0.2) is 4.98 Å². The highest BCUT2D eigenvalue weighted by atomic mass is 15.3. The van der Waals surface area contributed by atoms with Crippen LogP contribution in [0, 0.1) is 12.8 Å². The second kappa shape index (κ2) is 5.71. The second-order valence-electron chi connectivity index (χ2n) is 6.70. The predicted molar refractivity (Wildman–Crippen MR) is 85.9 cm³/mol. The molecule has 1 saturated heterocycles. The van der Waals surface area contributed by atoms with E-state index >= 15 is 0 Å². The van der Waals surface area contributed by atoms with Crippen molar-refractivity contribution in [1.29, 1.82) is 0 Å². The van der Waals surface area contributed by atoms with Crippen LogP contribution in [0.2, 0.25) is 0 Å². The summed E-state index contributed by atoms with van der Waals surface area (Å²) in [7, 11) is 0. The lowest BCUT2D eigenvalue weighted by atomic mass is 9.97. The molecule has 0 unspecified atom stereocenters. The van der Waals surface area contributed by atoms with Crippen molar-refractivity contribution in [2.24, 2.45) is 5.92 Å². The molecule has 2 aromatic heterocycles. The summed E-state index contributed by atoms with van der Waals surface area (Å²) in [5.41, 5.74) is 0.970. The number of aryl methyl sites for hydroxylation is 1. The third-order valence-corrected chi connectivity index (χ3v) is 4.79. The molecule has 4 rings (SSSR count). The zero-order valence-electron chi connectivity index (χ0n) is 13.1. The summed E-state index contributed by atoms with van der Waals surface area (Å²) >= 11 is 0. The van der Waals surface area contributed by atoms with Crippen LogP contribution < -0.4 is 4.90 Å². The van der Waals surface area contributed by atoms with Gasteiger partial charge in [-0.1, -0.05) is 0 Å². The van der Waals surface area contributed by atoms with Gasteiger partial charge in [-0.05, 0) is 50.7 Å². The average Bonchev–Trinajstić information content (AvgIpc) is 3.24. The zero-order chi connectivity index (χ0) is 14.9. The van der Waals surface area contributed by atoms with Gasteiger partial charge in [-0.2, -0.15) is 5.10 Å². The molecule has 116 valence electrons. The van der Waals surface area contributed by atoms with E-state index in [1.165, 1.54) is 31.5 Å². The van der Waals surface area contributed by atoms with Gasteiger partial charge < -0.3 is 9.47 Å². The molecule has 0 radical (unpaired) electrons. The van der Waals surface area contributed by atoms with Gasteiger partial charge in [0, 0.05) is 37.9 Å². The Kier molecular flexibility index (Phi) is 3.56. The van der Waals surface area contributed by atoms with Gasteiger partial charge >= 0.3 is 0 Å². The first-order chi connectivity index (χ1) is 10.8. The quantitative estimate of drug-likeness (QED) is 0.870. The zero-order valence-corrected chi connectivity index (χ0v) is 13.1. The van der Waals surface area contributed by atoms with Crippen LogP contribution in [0.15, 0.2) is 24.5 Å². The van der Waals surface area contributed by atoms with E-state index < -0.39 is 0 Å². The molecule has 0 amide bonds. The van der Waals surface area contributed by atoms with Gasteiger partial charge in [0.1, 0.15) is 5.82 Å². The average molecular weight is 297 g/mol. The van der Waals surface area contributed by atoms with Crippen LogP contribution in [0.25, 0.3) is 0 Å². The van der Waals surface area contributed by atoms with E-state index in [9.17, 15) is 0 Å². The predicted octanol–water partition coefficient (Wildman–Crippen LogP) is 2.78. The lowest BCUT2D eigenvalue weighted by Gasteiger charge is -2.33. The number of nitrogens with zero attached hydrogens (tertiary/aromatic N) is 5. The maximum Gasteiger partial charge on any atom is 0.151 e. The van der Waals surface area contributed by atoms with Crippen LogP contribution in [0.1, 0.15) is 43.1 Å². The molecule has 1 atom stereocenters. The monoisotopic (exact) mass is 297 g/mol. The van der Waals surface area contributed by atoms with Crippen molar-refractivity contribution >= 4 is 5.82 Å². The van der Waals surface area contributed by atoms with Crippen molar-refractivity contribution in [3.05, 3.63) is 36.0 Å². The number of imidazole rings is 1. The van der Waals surface area contributed by atoms with Gasteiger partial charge in [0.15, 0.2) is 5.82 Å². The SMILES string of the molecule is Cc1ccc(N2CCC[C@@H](c3nccn3CC3CC3)C2)nn1. The third kappa shape index (κ3) is 2.85. The molecule has 1 aliphatic heterocycles. The smallest absolute Gasteiger partial charge is 0.151 e. The molecule has 5 nitrogen and oxygen atoms in total. The van der Waals surface area contributed by atoms with E-state index in [4.69, 9.17) is 0 Å². The minimum atomic E-state index is 0.505. The number of rotatable bonds is 4. The Morgan fingerprint density at radius 1 is 1.18 bits per heavy atom. The van der Waals surface area contributed by atoms with Gasteiger partial charge in [-0.3, -0.25) is 0 Å². The Labute approximate surface area is 131 Å². The largest absolute Gasteiger partial charge is 0.354 e. The molecular weight excluding hydrogens is 274 g/mol. The summed E-state index contributed by atoms with van der Waals surface area (Å²) in [4.78, 5) is 7.02. The summed E-state index contributed by atoms with van der Waals surface area (Å²) in [6.45, 7) is 5.19. The van der Waals surface area contributed by atoms with Crippen molar-refractivity contribution in [2.75, 3.05) is 18.0 Å². The van der Waals surface area contributed by atoms with Gasteiger partial charge in [-0.15, -0.1) is 5.10 Å². The molecule has 2 aliphatic rings. The molecule has 0 spiro atoms. The first-order valence-corrected chi connectivity index (χ1v) is 8.36. The second-order valence-corrected chi connectivity index (χ2v) is 6.70. The summed E-state index contributed by atoms with van der Waals surface area (Å²) in [6, 6.07) is 4.13. The minimum Gasteiger partial charge on any atom is -0.354 e. The van der Waals surface area contributed by atoms with Crippen molar-refractivity contribution in [2.45, 2.75) is 45.1 Å². The number of hydrogen-bond acceptors (Lipinski definition) is 4. The summed E-state index contributed by atoms with van der Waals surface area (Å²) in [5.74, 6) is 3.65. The van der Waals surface area contributed by atoms with Crippen LogP contribution in [0.3, 0.4) is 0 Å². The first-order valence-electron chi connectivity index (χ1n) is 8.36. The molecule has 1 aliphatic carbocycles. The highest BCUT2D eigenvalue weighted by molar-refractivity contribution is 5.38. The van der Waals surface area contributed by atoms with Crippen molar-refractivity contribution < 1.29 is 0 Å². The fraction of sp³-hybridized carbons (Fsp3) is 0.588. The Morgan fingerprint density at radius 3 is 2.86 bits per heavy atom. The Hall–Kier alpha value is -1.91. The standard InChI is InChI=1S/C17H23N5/c1-13-4-7-16(20-19-13)21-9-2-3-15(12-21)17-18-8-10-22(17)11-14-5-6-14/h4,7-8,10,14-15H,2-3,5-6,9,11-12H2,1H3/t15-/m1/s1. The number of hydrogen-bond donors (Lipinski definition) is 0. The van der Waals surface area contributed by atoms with E-state index in [1.54, 1.807) is 0 Å². The normalized spacial score (nSPS) is 22.0. The molecule has 0 bridgehead atoms. The topological polar surface area (TPSA) is 46.8 Å². The van der Waals surface area contributed by atoms with E-state index in [1.807, 2.05) is 19.2 Å². The Bertz CT molecular complexity index is 629. The molecule has 3 heterocycles. The molecule has 5 heteroatoms. The maximum atomic E-state index is 4.66. The lowest BCUT2D eigenvalue weighted by molar-refractivity contribution is 0.461. The van der Waals surface area contributed by atoms with Crippen molar-refractivity contribution in [3.63, 3.8) is 0 Å². The van der Waals surface area contributed by atoms with E-state index in [2.05, 4.69) is 36.9 Å². The van der Waals surface area contributed by atoms with Gasteiger partial charge in [0.05, 0.1) is 5.69 Å². The molecule has 0 N–H and O–H groups in total. The van der Waals surface area contributed by atoms with E-state index in [0.717, 1.165) is 37.1 Å². The van der Waals surface area contributed by atoms with Crippen LogP contribution >= 0.6 is 0 Å². The molecular formula is C17H23N5. The van der Waals surface area contributed by atoms with Crippen LogP contribution in [0.5, 0.6) is 0 Å². The molecule has 0 aromatic carbocycles. The fourth-order valence-corrected chi connectivity index (χ4v) is 3.37. The van der Waals surface area contributed by atoms with Crippen LogP contribution in [-0.2, 0) is 6.54 Å². The van der Waals surface area contributed by atoms with Crippen molar-refractivity contribution in [3.8, 4) is 0 Å². The third-order valence-electron chi connectivity index (χ3n) is 4.79. The van der Waals surface area contributed by atoms with E-state index in [0.29, 0.717) is 5.92 Å². The van der Waals surface area contributed by atoms with Gasteiger partial charge in [0.25, 0.3) is 0 Å². The number of aromatic nitrogens is 4. The van der Waals surface area contributed by atoms with Gasteiger partial charge in [0.2, 0.25) is 0 Å². The summed E-state index contributed by atoms with van der Waals surface area (Å²) in [6.07, 6.45) is 9.29. The molecule has 2 fully saturated rings. The van der Waals surface area contributed by atoms with Crippen LogP contribution in [-0.4, -0.2) is 32.8 Å². The Morgan fingerprint density at radius 2 is 2.09 bits per heavy atom. The summed E-state index contributed by atoms with van der Waals surface area (Å²) < 4.78 is 2.38. The lowest BCUT2D eigenvalue weighted by Crippen LogP contribution is -2.36. The number of anilines is 1. The van der Waals surface area contributed by atoms with Crippen molar-refractivity contribution in [1.82, 2.24) is 19.7 Å².